The zero-order valence-corrected chi connectivity index (χ0v) is 27.1. The van der Waals surface area contributed by atoms with E-state index in [4.69, 9.17) is 37.4 Å². The summed E-state index contributed by atoms with van der Waals surface area (Å²) in [4.78, 5) is 29.3. The van der Waals surface area contributed by atoms with Crippen LogP contribution in [0, 0.1) is 22.7 Å². The maximum absolute atomic E-state index is 14.9. The number of carbonyl (C=O) groups is 2. The highest BCUT2D eigenvalue weighted by atomic mass is 35.5. The van der Waals surface area contributed by atoms with Gasteiger partial charge >= 0.3 is 5.97 Å². The number of aliphatic hydroxyl groups is 1. The van der Waals surface area contributed by atoms with Crippen molar-refractivity contribution in [2.45, 2.75) is 30.8 Å². The SMILES string of the molecule is CCOC(=O)[C@]1(C#N)[C@@H](c2cccc(OC)c2)C[C@](O)(c2ccc(Cl)cc2)[C@H](C(=O)c2ccc(Cl)cc2)[C@@H]1c1cccc(OC)c1. The molecular formula is C37H33Cl2NO6. The molecule has 9 heteroatoms. The van der Waals surface area contributed by atoms with Crippen molar-refractivity contribution < 1.29 is 28.9 Å². The Labute approximate surface area is 278 Å². The molecule has 1 N–H and O–H groups in total. The third kappa shape index (κ3) is 5.85. The number of benzene rings is 4. The van der Waals surface area contributed by atoms with E-state index in [-0.39, 0.29) is 18.6 Å². The largest absolute Gasteiger partial charge is 0.497 e. The minimum atomic E-state index is -1.99. The van der Waals surface area contributed by atoms with Crippen LogP contribution in [0.5, 0.6) is 11.5 Å². The summed E-state index contributed by atoms with van der Waals surface area (Å²) in [6, 6.07) is 29.2. The summed E-state index contributed by atoms with van der Waals surface area (Å²) in [5.41, 5.74) is -2.23. The number of nitrogens with zero attached hydrogens (tertiary/aromatic N) is 1. The van der Waals surface area contributed by atoms with Gasteiger partial charge in [-0.2, -0.15) is 5.26 Å². The van der Waals surface area contributed by atoms with Crippen molar-refractivity contribution in [2.24, 2.45) is 11.3 Å². The second-order valence-electron chi connectivity index (χ2n) is 11.3. The maximum atomic E-state index is 14.9. The first-order valence-electron chi connectivity index (χ1n) is 14.8. The molecule has 0 radical (unpaired) electrons. The predicted molar refractivity (Wildman–Crippen MR) is 175 cm³/mol. The highest BCUT2D eigenvalue weighted by Crippen LogP contribution is 2.64. The van der Waals surface area contributed by atoms with E-state index in [2.05, 4.69) is 6.07 Å². The Bertz CT molecular complexity index is 1770. The van der Waals surface area contributed by atoms with E-state index in [1.54, 1.807) is 104 Å². The minimum Gasteiger partial charge on any atom is -0.497 e. The fourth-order valence-electron chi connectivity index (χ4n) is 6.79. The summed E-state index contributed by atoms with van der Waals surface area (Å²) in [7, 11) is 3.02. The first kappa shape index (κ1) is 33.0. The van der Waals surface area contributed by atoms with Crippen molar-refractivity contribution in [3.8, 4) is 17.6 Å². The second kappa shape index (κ2) is 13.6. The lowest BCUT2D eigenvalue weighted by Gasteiger charge is -2.54. The van der Waals surface area contributed by atoms with E-state index in [1.165, 1.54) is 14.2 Å². The number of ketones is 1. The highest BCUT2D eigenvalue weighted by molar-refractivity contribution is 6.31. The molecule has 0 amide bonds. The summed E-state index contributed by atoms with van der Waals surface area (Å²) in [6.07, 6.45) is -0.182. The van der Waals surface area contributed by atoms with E-state index in [9.17, 15) is 20.0 Å². The van der Waals surface area contributed by atoms with Gasteiger partial charge in [-0.05, 0) is 90.7 Å². The van der Waals surface area contributed by atoms with Gasteiger partial charge in [-0.25, -0.2) is 0 Å². The van der Waals surface area contributed by atoms with E-state index >= 15 is 0 Å². The first-order valence-corrected chi connectivity index (χ1v) is 15.5. The van der Waals surface area contributed by atoms with Crippen LogP contribution in [-0.4, -0.2) is 37.7 Å². The molecule has 236 valence electrons. The van der Waals surface area contributed by atoms with Crippen LogP contribution in [0.1, 0.15) is 52.2 Å². The third-order valence-corrected chi connectivity index (χ3v) is 9.41. The molecule has 0 saturated heterocycles. The molecule has 1 fully saturated rings. The zero-order chi connectivity index (χ0) is 33.1. The third-order valence-electron chi connectivity index (χ3n) is 8.91. The Morgan fingerprint density at radius 2 is 1.41 bits per heavy atom. The van der Waals surface area contributed by atoms with Gasteiger partial charge in [-0.1, -0.05) is 59.6 Å². The second-order valence-corrected chi connectivity index (χ2v) is 12.1. The Kier molecular flexibility index (Phi) is 9.74. The number of hydrogen-bond acceptors (Lipinski definition) is 7. The molecule has 4 aromatic carbocycles. The molecule has 5 atom stereocenters. The van der Waals surface area contributed by atoms with Gasteiger partial charge < -0.3 is 19.3 Å². The average molecular weight is 659 g/mol. The Morgan fingerprint density at radius 1 is 0.870 bits per heavy atom. The van der Waals surface area contributed by atoms with Crippen molar-refractivity contribution in [1.29, 1.82) is 5.26 Å². The minimum absolute atomic E-state index is 0.00479. The lowest BCUT2D eigenvalue weighted by molar-refractivity contribution is -0.164. The molecular weight excluding hydrogens is 625 g/mol. The normalized spacial score (nSPS) is 24.0. The fraction of sp³-hybridized carbons (Fsp3) is 0.270. The van der Waals surface area contributed by atoms with E-state index in [0.29, 0.717) is 38.2 Å². The van der Waals surface area contributed by atoms with Crippen molar-refractivity contribution >= 4 is 35.0 Å². The van der Waals surface area contributed by atoms with Crippen molar-refractivity contribution in [1.82, 2.24) is 0 Å². The van der Waals surface area contributed by atoms with E-state index < -0.39 is 40.5 Å². The monoisotopic (exact) mass is 657 g/mol. The number of Topliss-reactive ketones (excluding diaryl/α,β-unsaturated/α-hetero) is 1. The van der Waals surface area contributed by atoms with Gasteiger partial charge in [0, 0.05) is 27.4 Å². The molecule has 1 aliphatic rings. The average Bonchev–Trinajstić information content (AvgIpc) is 3.08. The summed E-state index contributed by atoms with van der Waals surface area (Å²) in [5.74, 6) is -3.86. The van der Waals surface area contributed by atoms with Crippen molar-refractivity contribution in [2.75, 3.05) is 20.8 Å². The van der Waals surface area contributed by atoms with Crippen LogP contribution in [0.2, 0.25) is 10.0 Å². The van der Waals surface area contributed by atoms with E-state index in [0.717, 1.165) is 0 Å². The highest BCUT2D eigenvalue weighted by Gasteiger charge is 2.67. The Balaban J connectivity index is 1.92. The lowest BCUT2D eigenvalue weighted by atomic mass is 9.47. The Hall–Kier alpha value is -4.35. The molecule has 0 spiro atoms. The van der Waals surface area contributed by atoms with Crippen LogP contribution in [-0.2, 0) is 15.1 Å². The molecule has 46 heavy (non-hydrogen) atoms. The first-order chi connectivity index (χ1) is 22.1. The molecule has 0 unspecified atom stereocenters. The van der Waals surface area contributed by atoms with Gasteiger partial charge in [0.05, 0.1) is 32.8 Å². The number of esters is 1. The van der Waals surface area contributed by atoms with Gasteiger partial charge in [-0.15, -0.1) is 0 Å². The van der Waals surface area contributed by atoms with Gasteiger partial charge in [0.1, 0.15) is 17.1 Å². The van der Waals surface area contributed by atoms with Gasteiger partial charge in [0.2, 0.25) is 0 Å². The Morgan fingerprint density at radius 3 is 1.96 bits per heavy atom. The summed E-state index contributed by atoms with van der Waals surface area (Å²) >= 11 is 12.5. The van der Waals surface area contributed by atoms with Gasteiger partial charge in [0.15, 0.2) is 11.2 Å². The number of methoxy groups -OCH3 is 2. The van der Waals surface area contributed by atoms with Crippen LogP contribution in [0.4, 0.5) is 0 Å². The van der Waals surface area contributed by atoms with Crippen LogP contribution in [0.15, 0.2) is 97.1 Å². The zero-order valence-electron chi connectivity index (χ0n) is 25.6. The summed E-state index contributed by atoms with van der Waals surface area (Å²) < 4.78 is 16.7. The predicted octanol–water partition coefficient (Wildman–Crippen LogP) is 7.74. The number of halogens is 2. The van der Waals surface area contributed by atoms with Crippen LogP contribution in [0.3, 0.4) is 0 Å². The van der Waals surface area contributed by atoms with Crippen LogP contribution in [0.25, 0.3) is 0 Å². The molecule has 0 bridgehead atoms. The molecule has 0 aromatic heterocycles. The molecule has 1 aliphatic carbocycles. The van der Waals surface area contributed by atoms with Crippen LogP contribution >= 0.6 is 23.2 Å². The number of nitriles is 1. The number of ether oxygens (including phenoxy) is 3. The van der Waals surface area contributed by atoms with Crippen LogP contribution < -0.4 is 9.47 Å². The van der Waals surface area contributed by atoms with Crippen molar-refractivity contribution in [3.05, 3.63) is 129 Å². The van der Waals surface area contributed by atoms with Gasteiger partial charge in [-0.3, -0.25) is 9.59 Å². The molecule has 0 heterocycles. The van der Waals surface area contributed by atoms with E-state index in [1.807, 2.05) is 0 Å². The number of rotatable bonds is 9. The smallest absolute Gasteiger partial charge is 0.327 e. The van der Waals surface area contributed by atoms with Crippen molar-refractivity contribution in [3.63, 3.8) is 0 Å². The van der Waals surface area contributed by atoms with Gasteiger partial charge in [0.25, 0.3) is 0 Å². The maximum Gasteiger partial charge on any atom is 0.327 e. The lowest BCUT2D eigenvalue weighted by Crippen LogP contribution is -2.59. The molecule has 0 aliphatic heterocycles. The quantitative estimate of drug-likeness (QED) is 0.145. The number of hydrogen-bond donors (Lipinski definition) is 1. The topological polar surface area (TPSA) is 106 Å². The fourth-order valence-corrected chi connectivity index (χ4v) is 7.05. The standard InChI is InChI=1S/C37H33Cl2NO6/c1-4-46-35(42)36(22-40)31(24-7-5-9-29(19-24)44-2)21-37(43,26-13-17-28(39)18-14-26)33(34(41)23-11-15-27(38)16-12-23)32(36)25-8-6-10-30(20-25)45-3/h5-20,31-33,43H,4,21H2,1-3H3/t31-,32+,33+,36-,37+/m1/s1. The molecule has 5 rings (SSSR count). The molecule has 7 nitrogen and oxygen atoms in total. The molecule has 4 aromatic rings. The molecule has 1 saturated carbocycles. The summed E-state index contributed by atoms with van der Waals surface area (Å²) in [5, 5.41) is 25.3. The summed E-state index contributed by atoms with van der Waals surface area (Å²) in [6.45, 7) is 1.66. The number of carbonyl (C=O) groups excluding carboxylic acids is 2.